The molecule has 2 aromatic rings. The van der Waals surface area contributed by atoms with Gasteiger partial charge in [0.2, 0.25) is 0 Å². The van der Waals surface area contributed by atoms with Crippen molar-refractivity contribution in [3.05, 3.63) is 35.2 Å². The molecular weight excluding hydrogens is 222 g/mol. The first-order valence-corrected chi connectivity index (χ1v) is 5.59. The largest absolute Gasteiger partial charge is 0.507 e. The van der Waals surface area contributed by atoms with Crippen molar-refractivity contribution < 1.29 is 9.90 Å². The minimum atomic E-state index is 0.0274. The molecule has 0 aliphatic rings. The summed E-state index contributed by atoms with van der Waals surface area (Å²) in [5.41, 5.74) is 6.91. The Morgan fingerprint density at radius 3 is 2.69 bits per heavy atom. The van der Waals surface area contributed by atoms with Crippen LogP contribution >= 0.6 is 11.3 Å². The van der Waals surface area contributed by atoms with E-state index < -0.39 is 0 Å². The molecule has 3 nitrogen and oxygen atoms in total. The summed E-state index contributed by atoms with van der Waals surface area (Å²) in [7, 11) is 0. The zero-order valence-electron chi connectivity index (χ0n) is 8.73. The Hall–Kier alpha value is -1.81. The first-order chi connectivity index (χ1) is 7.58. The van der Waals surface area contributed by atoms with Gasteiger partial charge in [0.1, 0.15) is 5.75 Å². The highest BCUT2D eigenvalue weighted by Crippen LogP contribution is 2.35. The lowest BCUT2D eigenvalue weighted by Gasteiger charge is -2.02. The van der Waals surface area contributed by atoms with E-state index in [0.717, 1.165) is 4.88 Å². The van der Waals surface area contributed by atoms with Crippen LogP contribution in [0.1, 0.15) is 16.6 Å². The lowest BCUT2D eigenvalue weighted by atomic mass is 10.1. The molecule has 3 N–H and O–H groups in total. The average molecular weight is 233 g/mol. The van der Waals surface area contributed by atoms with E-state index in [4.69, 9.17) is 5.73 Å². The Kier molecular flexibility index (Phi) is 2.66. The van der Waals surface area contributed by atoms with Gasteiger partial charge in [0.05, 0.1) is 4.88 Å². The fraction of sp³-hybridized carbons (Fsp3) is 0.0833. The Morgan fingerprint density at radius 2 is 2.06 bits per heavy atom. The highest BCUT2D eigenvalue weighted by molar-refractivity contribution is 7.17. The third-order valence-corrected chi connectivity index (χ3v) is 3.46. The van der Waals surface area contributed by atoms with Crippen molar-refractivity contribution in [1.82, 2.24) is 0 Å². The van der Waals surface area contributed by atoms with E-state index in [1.54, 1.807) is 24.3 Å². The van der Waals surface area contributed by atoms with Gasteiger partial charge in [0, 0.05) is 16.1 Å². The maximum absolute atomic E-state index is 11.2. The number of Topliss-reactive ketones (excluding diaryl/α,β-unsaturated/α-hetero) is 1. The van der Waals surface area contributed by atoms with Gasteiger partial charge in [-0.15, -0.1) is 11.3 Å². The molecule has 82 valence electrons. The van der Waals surface area contributed by atoms with Crippen LogP contribution in [0.4, 0.5) is 5.69 Å². The molecule has 2 rings (SSSR count). The van der Waals surface area contributed by atoms with Crippen molar-refractivity contribution in [2.45, 2.75) is 6.92 Å². The molecule has 1 aromatic carbocycles. The Morgan fingerprint density at radius 1 is 1.31 bits per heavy atom. The number of hydrogen-bond acceptors (Lipinski definition) is 4. The monoisotopic (exact) mass is 233 g/mol. The Labute approximate surface area is 97.2 Å². The number of rotatable bonds is 2. The second kappa shape index (κ2) is 3.98. The number of thiophene rings is 1. The van der Waals surface area contributed by atoms with E-state index >= 15 is 0 Å². The summed E-state index contributed by atoms with van der Waals surface area (Å²) < 4.78 is 0. The van der Waals surface area contributed by atoms with Crippen molar-refractivity contribution >= 4 is 22.8 Å². The van der Waals surface area contributed by atoms with Crippen molar-refractivity contribution in [2.75, 3.05) is 5.73 Å². The number of anilines is 1. The predicted octanol–water partition coefficient (Wildman–Crippen LogP) is 2.91. The van der Waals surface area contributed by atoms with E-state index in [2.05, 4.69) is 0 Å². The molecule has 0 spiro atoms. The van der Waals surface area contributed by atoms with E-state index in [1.165, 1.54) is 18.3 Å². The molecule has 0 aliphatic heterocycles. The number of ketones is 1. The predicted molar refractivity (Wildman–Crippen MR) is 65.8 cm³/mol. The molecule has 1 heterocycles. The van der Waals surface area contributed by atoms with E-state index in [-0.39, 0.29) is 11.5 Å². The molecule has 0 bridgehead atoms. The molecule has 0 saturated carbocycles. The summed E-state index contributed by atoms with van der Waals surface area (Å²) in [6.45, 7) is 1.52. The average Bonchev–Trinajstić information content (AvgIpc) is 2.70. The number of carbonyl (C=O) groups excluding carboxylic acids is 1. The van der Waals surface area contributed by atoms with Gasteiger partial charge in [-0.05, 0) is 37.3 Å². The third-order valence-electron chi connectivity index (χ3n) is 2.24. The molecule has 0 atom stereocenters. The van der Waals surface area contributed by atoms with Crippen LogP contribution in [0.25, 0.3) is 10.4 Å². The lowest BCUT2D eigenvalue weighted by Crippen LogP contribution is -1.85. The van der Waals surface area contributed by atoms with Gasteiger partial charge in [-0.25, -0.2) is 0 Å². The van der Waals surface area contributed by atoms with Crippen molar-refractivity contribution in [2.24, 2.45) is 0 Å². The van der Waals surface area contributed by atoms with Crippen LogP contribution in [0.3, 0.4) is 0 Å². The lowest BCUT2D eigenvalue weighted by molar-refractivity contribution is 0.102. The molecule has 0 amide bonds. The van der Waals surface area contributed by atoms with Gasteiger partial charge in [-0.2, -0.15) is 0 Å². The minimum Gasteiger partial charge on any atom is -0.507 e. The maximum atomic E-state index is 11.2. The highest BCUT2D eigenvalue weighted by atomic mass is 32.1. The summed E-state index contributed by atoms with van der Waals surface area (Å²) in [6.07, 6.45) is 0. The van der Waals surface area contributed by atoms with Gasteiger partial charge in [-0.3, -0.25) is 4.79 Å². The van der Waals surface area contributed by atoms with E-state index in [1.807, 2.05) is 6.07 Å². The first-order valence-electron chi connectivity index (χ1n) is 4.77. The van der Waals surface area contributed by atoms with Gasteiger partial charge >= 0.3 is 0 Å². The molecule has 0 fully saturated rings. The maximum Gasteiger partial charge on any atom is 0.169 e. The minimum absolute atomic E-state index is 0.0274. The van der Waals surface area contributed by atoms with Gasteiger partial charge in [-0.1, -0.05) is 0 Å². The Bertz CT molecular complexity index is 546. The summed E-state index contributed by atoms with van der Waals surface area (Å²) in [6, 6.07) is 8.46. The van der Waals surface area contributed by atoms with Crippen LogP contribution in [-0.2, 0) is 0 Å². The molecule has 0 radical (unpaired) electrons. The van der Waals surface area contributed by atoms with Gasteiger partial charge in [0.15, 0.2) is 5.78 Å². The number of nitrogen functional groups attached to an aromatic ring is 1. The fourth-order valence-corrected chi connectivity index (χ4v) is 2.35. The number of hydrogen-bond donors (Lipinski definition) is 2. The molecule has 0 unspecified atom stereocenters. The van der Waals surface area contributed by atoms with Crippen molar-refractivity contribution in [3.63, 3.8) is 0 Å². The molecule has 0 saturated heterocycles. The zero-order chi connectivity index (χ0) is 11.7. The van der Waals surface area contributed by atoms with Crippen molar-refractivity contribution in [3.8, 4) is 16.2 Å². The number of carbonyl (C=O) groups is 1. The topological polar surface area (TPSA) is 63.3 Å². The molecule has 1 aromatic heterocycles. The Balaban J connectivity index is 2.50. The molecular formula is C12H11NO2S. The summed E-state index contributed by atoms with van der Waals surface area (Å²) in [5, 5.41) is 9.70. The standard InChI is InChI=1S/C12H11NO2S/c1-7(14)11-4-5-12(16-11)9-6-8(13)2-3-10(9)15/h2-6,15H,13H2,1H3. The number of benzene rings is 1. The van der Waals surface area contributed by atoms with Crippen LogP contribution in [0.15, 0.2) is 30.3 Å². The summed E-state index contributed by atoms with van der Waals surface area (Å²) in [4.78, 5) is 12.7. The normalized spacial score (nSPS) is 10.3. The van der Waals surface area contributed by atoms with Crippen molar-refractivity contribution in [1.29, 1.82) is 0 Å². The van der Waals surface area contributed by atoms with Crippen LogP contribution in [0, 0.1) is 0 Å². The number of nitrogens with two attached hydrogens (primary N) is 1. The molecule has 16 heavy (non-hydrogen) atoms. The quantitative estimate of drug-likeness (QED) is 0.476. The zero-order valence-corrected chi connectivity index (χ0v) is 9.54. The second-order valence-corrected chi connectivity index (χ2v) is 4.58. The number of aromatic hydroxyl groups is 1. The highest BCUT2D eigenvalue weighted by Gasteiger charge is 2.09. The summed E-state index contributed by atoms with van der Waals surface area (Å²) >= 11 is 1.35. The number of phenols is 1. The molecule has 0 aliphatic carbocycles. The third kappa shape index (κ3) is 1.92. The van der Waals surface area contributed by atoms with Gasteiger partial charge < -0.3 is 10.8 Å². The van der Waals surface area contributed by atoms with Gasteiger partial charge in [0.25, 0.3) is 0 Å². The molecule has 4 heteroatoms. The second-order valence-electron chi connectivity index (χ2n) is 3.50. The van der Waals surface area contributed by atoms with E-state index in [0.29, 0.717) is 16.1 Å². The SMILES string of the molecule is CC(=O)c1ccc(-c2cc(N)ccc2O)s1. The van der Waals surface area contributed by atoms with Crippen LogP contribution < -0.4 is 5.73 Å². The summed E-state index contributed by atoms with van der Waals surface area (Å²) in [5.74, 6) is 0.200. The van der Waals surface area contributed by atoms with Crippen LogP contribution in [-0.4, -0.2) is 10.9 Å². The smallest absolute Gasteiger partial charge is 0.169 e. The fourth-order valence-electron chi connectivity index (χ4n) is 1.42. The first kappa shape index (κ1) is 10.7. The number of phenolic OH excluding ortho intramolecular Hbond substituents is 1. The van der Waals surface area contributed by atoms with Crippen LogP contribution in [0.5, 0.6) is 5.75 Å². The van der Waals surface area contributed by atoms with Crippen LogP contribution in [0.2, 0.25) is 0 Å². The van der Waals surface area contributed by atoms with E-state index in [9.17, 15) is 9.90 Å².